The van der Waals surface area contributed by atoms with E-state index in [4.69, 9.17) is 16.1 Å². The number of anilines is 1. The molecule has 1 aromatic carbocycles. The van der Waals surface area contributed by atoms with Crippen molar-refractivity contribution < 1.29 is 4.52 Å². The van der Waals surface area contributed by atoms with Gasteiger partial charge in [-0.05, 0) is 18.2 Å². The lowest BCUT2D eigenvalue weighted by molar-refractivity contribution is 0.378. The second-order valence-corrected chi connectivity index (χ2v) is 3.76. The van der Waals surface area contributed by atoms with Crippen LogP contribution in [0.2, 0.25) is 5.02 Å². The van der Waals surface area contributed by atoms with Gasteiger partial charge in [-0.3, -0.25) is 0 Å². The summed E-state index contributed by atoms with van der Waals surface area (Å²) in [5.41, 5.74) is 0.934. The molecule has 0 radical (unpaired) electrons. The van der Waals surface area contributed by atoms with Gasteiger partial charge in [0.05, 0.1) is 6.54 Å². The Morgan fingerprint density at radius 3 is 3.00 bits per heavy atom. The van der Waals surface area contributed by atoms with Gasteiger partial charge in [0.25, 0.3) is 0 Å². The first-order chi connectivity index (χ1) is 7.78. The van der Waals surface area contributed by atoms with Crippen molar-refractivity contribution in [1.29, 1.82) is 0 Å². The molecule has 2 rings (SSSR count). The van der Waals surface area contributed by atoms with Crippen LogP contribution in [-0.4, -0.2) is 10.1 Å². The van der Waals surface area contributed by atoms with Crippen molar-refractivity contribution in [3.05, 3.63) is 41.0 Å². The number of halogens is 1. The van der Waals surface area contributed by atoms with Crippen LogP contribution < -0.4 is 5.32 Å². The van der Waals surface area contributed by atoms with E-state index in [0.29, 0.717) is 17.5 Å². The predicted octanol–water partition coefficient (Wildman–Crippen LogP) is 2.90. The van der Waals surface area contributed by atoms with Crippen LogP contribution in [0.3, 0.4) is 0 Å². The lowest BCUT2D eigenvalue weighted by atomic mass is 10.3. The van der Waals surface area contributed by atoms with Gasteiger partial charge >= 0.3 is 0 Å². The number of nitrogens with one attached hydrogen (secondary N) is 1. The zero-order valence-corrected chi connectivity index (χ0v) is 9.66. The maximum absolute atomic E-state index is 5.86. The van der Waals surface area contributed by atoms with Crippen molar-refractivity contribution in [1.82, 2.24) is 10.1 Å². The van der Waals surface area contributed by atoms with Crippen LogP contribution >= 0.6 is 11.6 Å². The number of hydrogen-bond acceptors (Lipinski definition) is 4. The third kappa shape index (κ3) is 2.73. The highest BCUT2D eigenvalue weighted by molar-refractivity contribution is 6.30. The standard InChI is InChI=1S/C11H12ClN3O/c1-2-10-14-11(16-15-10)7-13-9-5-3-4-8(12)6-9/h3-6,13H,2,7H2,1H3. The zero-order valence-electron chi connectivity index (χ0n) is 8.90. The molecule has 0 aliphatic carbocycles. The van der Waals surface area contributed by atoms with E-state index >= 15 is 0 Å². The molecule has 1 aromatic heterocycles. The van der Waals surface area contributed by atoms with E-state index in [0.717, 1.165) is 17.9 Å². The van der Waals surface area contributed by atoms with E-state index in [1.54, 1.807) is 0 Å². The van der Waals surface area contributed by atoms with E-state index in [1.807, 2.05) is 31.2 Å². The number of aryl methyl sites for hydroxylation is 1. The molecule has 4 nitrogen and oxygen atoms in total. The molecule has 0 saturated heterocycles. The van der Waals surface area contributed by atoms with Gasteiger partial charge in [0, 0.05) is 17.1 Å². The molecule has 16 heavy (non-hydrogen) atoms. The summed E-state index contributed by atoms with van der Waals surface area (Å²) >= 11 is 5.86. The second-order valence-electron chi connectivity index (χ2n) is 3.32. The Balaban J connectivity index is 1.96. The third-order valence-electron chi connectivity index (χ3n) is 2.09. The molecular formula is C11H12ClN3O. The van der Waals surface area contributed by atoms with E-state index in [-0.39, 0.29) is 0 Å². The summed E-state index contributed by atoms with van der Waals surface area (Å²) in [6, 6.07) is 7.49. The fourth-order valence-corrected chi connectivity index (χ4v) is 1.47. The molecule has 0 fully saturated rings. The molecule has 5 heteroatoms. The van der Waals surface area contributed by atoms with Crippen molar-refractivity contribution in [3.8, 4) is 0 Å². The Morgan fingerprint density at radius 1 is 1.44 bits per heavy atom. The van der Waals surface area contributed by atoms with Gasteiger partial charge in [-0.15, -0.1) is 0 Å². The topological polar surface area (TPSA) is 51.0 Å². The van der Waals surface area contributed by atoms with Gasteiger partial charge in [0.1, 0.15) is 0 Å². The van der Waals surface area contributed by atoms with Gasteiger partial charge in [-0.1, -0.05) is 29.7 Å². The largest absolute Gasteiger partial charge is 0.376 e. The first-order valence-electron chi connectivity index (χ1n) is 5.09. The molecule has 0 saturated carbocycles. The quantitative estimate of drug-likeness (QED) is 0.888. The van der Waals surface area contributed by atoms with Crippen LogP contribution in [-0.2, 0) is 13.0 Å². The third-order valence-corrected chi connectivity index (χ3v) is 2.33. The highest BCUT2D eigenvalue weighted by Gasteiger charge is 2.03. The highest BCUT2D eigenvalue weighted by atomic mass is 35.5. The van der Waals surface area contributed by atoms with Crippen molar-refractivity contribution >= 4 is 17.3 Å². The van der Waals surface area contributed by atoms with E-state index in [9.17, 15) is 0 Å². The number of nitrogens with zero attached hydrogens (tertiary/aromatic N) is 2. The summed E-state index contributed by atoms with van der Waals surface area (Å²) in [4.78, 5) is 4.19. The van der Waals surface area contributed by atoms with Crippen molar-refractivity contribution in [2.24, 2.45) is 0 Å². The first-order valence-corrected chi connectivity index (χ1v) is 5.46. The molecule has 0 aliphatic heterocycles. The first kappa shape index (κ1) is 11.0. The average Bonchev–Trinajstić information content (AvgIpc) is 2.74. The Hall–Kier alpha value is -1.55. The molecule has 0 unspecified atom stereocenters. The molecule has 0 bridgehead atoms. The minimum Gasteiger partial charge on any atom is -0.376 e. The molecule has 1 N–H and O–H groups in total. The summed E-state index contributed by atoms with van der Waals surface area (Å²) < 4.78 is 5.05. The number of rotatable bonds is 4. The fraction of sp³-hybridized carbons (Fsp3) is 0.273. The smallest absolute Gasteiger partial charge is 0.245 e. The average molecular weight is 238 g/mol. The SMILES string of the molecule is CCc1noc(CNc2cccc(Cl)c2)n1. The normalized spacial score (nSPS) is 10.4. The van der Waals surface area contributed by atoms with Crippen LogP contribution in [0.15, 0.2) is 28.8 Å². The molecule has 2 aromatic rings. The molecule has 0 amide bonds. The minimum absolute atomic E-state index is 0.507. The van der Waals surface area contributed by atoms with Crippen molar-refractivity contribution in [3.63, 3.8) is 0 Å². The summed E-state index contributed by atoms with van der Waals surface area (Å²) in [6.07, 6.45) is 0.778. The molecule has 0 atom stereocenters. The maximum Gasteiger partial charge on any atom is 0.245 e. The summed E-state index contributed by atoms with van der Waals surface area (Å²) in [7, 11) is 0. The van der Waals surface area contributed by atoms with Crippen LogP contribution in [0.5, 0.6) is 0 Å². The zero-order chi connectivity index (χ0) is 11.4. The fourth-order valence-electron chi connectivity index (χ4n) is 1.28. The van der Waals surface area contributed by atoms with Crippen molar-refractivity contribution in [2.45, 2.75) is 19.9 Å². The van der Waals surface area contributed by atoms with Crippen LogP contribution in [0.25, 0.3) is 0 Å². The van der Waals surface area contributed by atoms with Gasteiger partial charge in [0.2, 0.25) is 5.89 Å². The predicted molar refractivity (Wildman–Crippen MR) is 62.5 cm³/mol. The maximum atomic E-state index is 5.86. The van der Waals surface area contributed by atoms with Gasteiger partial charge in [0.15, 0.2) is 5.82 Å². The molecule has 0 aliphatic rings. The number of benzene rings is 1. The Kier molecular flexibility index (Phi) is 3.41. The lowest BCUT2D eigenvalue weighted by Gasteiger charge is -2.02. The molecule has 84 valence electrons. The second kappa shape index (κ2) is 4.99. The van der Waals surface area contributed by atoms with Crippen molar-refractivity contribution in [2.75, 3.05) is 5.32 Å². The van der Waals surface area contributed by atoms with Gasteiger partial charge in [-0.2, -0.15) is 4.98 Å². The Bertz CT molecular complexity index is 470. The van der Waals surface area contributed by atoms with Gasteiger partial charge in [-0.25, -0.2) is 0 Å². The van der Waals surface area contributed by atoms with E-state index in [2.05, 4.69) is 15.5 Å². The van der Waals surface area contributed by atoms with Crippen LogP contribution in [0.4, 0.5) is 5.69 Å². The van der Waals surface area contributed by atoms with E-state index < -0.39 is 0 Å². The summed E-state index contributed by atoms with van der Waals surface area (Å²) in [5, 5.41) is 7.67. The number of hydrogen-bond donors (Lipinski definition) is 1. The van der Waals surface area contributed by atoms with Crippen LogP contribution in [0, 0.1) is 0 Å². The van der Waals surface area contributed by atoms with Gasteiger partial charge < -0.3 is 9.84 Å². The van der Waals surface area contributed by atoms with E-state index in [1.165, 1.54) is 0 Å². The summed E-state index contributed by atoms with van der Waals surface area (Å²) in [5.74, 6) is 1.31. The molecular weight excluding hydrogens is 226 g/mol. The lowest BCUT2D eigenvalue weighted by Crippen LogP contribution is -1.99. The monoisotopic (exact) mass is 237 g/mol. The Labute approximate surface area is 98.6 Å². The number of aromatic nitrogens is 2. The molecule has 0 spiro atoms. The van der Waals surface area contributed by atoms with Crippen LogP contribution in [0.1, 0.15) is 18.6 Å². The minimum atomic E-state index is 0.507. The Morgan fingerprint density at radius 2 is 2.31 bits per heavy atom. The molecule has 1 heterocycles. The highest BCUT2D eigenvalue weighted by Crippen LogP contribution is 2.15. The summed E-state index contributed by atoms with van der Waals surface area (Å²) in [6.45, 7) is 2.49.